The van der Waals surface area contributed by atoms with Crippen LogP contribution < -0.4 is 26.2 Å². The fourth-order valence-corrected chi connectivity index (χ4v) is 4.96. The summed E-state index contributed by atoms with van der Waals surface area (Å²) in [7, 11) is -2.48. The summed E-state index contributed by atoms with van der Waals surface area (Å²) in [6.07, 6.45) is 2.38. The van der Waals surface area contributed by atoms with Gasteiger partial charge in [0, 0.05) is 23.4 Å². The van der Waals surface area contributed by atoms with Crippen LogP contribution in [0.25, 0.3) is 10.8 Å². The lowest BCUT2D eigenvalue weighted by atomic mass is 10.1. The number of rotatable bonds is 12. The average Bonchev–Trinajstić information content (AvgIpc) is 2.74. The van der Waals surface area contributed by atoms with Gasteiger partial charge in [0.2, 0.25) is 15.9 Å². The molecule has 32 heavy (non-hydrogen) atoms. The molecule has 1 amide bonds. The van der Waals surface area contributed by atoms with Crippen molar-refractivity contribution < 1.29 is 17.9 Å². The molecule has 10 heteroatoms. The molecule has 0 spiro atoms. The van der Waals surface area contributed by atoms with Crippen molar-refractivity contribution in [2.45, 2.75) is 56.5 Å². The van der Waals surface area contributed by atoms with Crippen LogP contribution in [0.4, 0.5) is 0 Å². The number of sulfonamides is 1. The molecule has 0 fully saturated rings. The molecule has 9 nitrogen and oxygen atoms in total. The predicted molar refractivity (Wildman–Crippen MR) is 127 cm³/mol. The smallest absolute Gasteiger partial charge is 0.241 e. The fraction of sp³-hybridized carbons (Fsp3) is 0.455. The zero-order valence-corrected chi connectivity index (χ0v) is 19.6. The Labute approximate surface area is 189 Å². The van der Waals surface area contributed by atoms with Crippen LogP contribution in [0.15, 0.2) is 46.3 Å². The van der Waals surface area contributed by atoms with Crippen LogP contribution in [0.3, 0.4) is 0 Å². The van der Waals surface area contributed by atoms with Crippen molar-refractivity contribution in [1.82, 2.24) is 10.0 Å². The van der Waals surface area contributed by atoms with E-state index in [0.717, 1.165) is 12.8 Å². The van der Waals surface area contributed by atoms with Gasteiger partial charge in [0.25, 0.3) is 0 Å². The lowest BCUT2D eigenvalue weighted by Gasteiger charge is -2.21. The van der Waals surface area contributed by atoms with Gasteiger partial charge in [0.1, 0.15) is 11.8 Å². The summed E-state index contributed by atoms with van der Waals surface area (Å²) in [5.41, 5.74) is 10.7. The number of fused-ring (bicyclic) bond motifs is 1. The molecule has 0 saturated heterocycles. The van der Waals surface area contributed by atoms with E-state index in [-0.39, 0.29) is 29.2 Å². The molecular weight excluding hydrogens is 430 g/mol. The number of aliphatic imine (C=N–C) groups is 1. The summed E-state index contributed by atoms with van der Waals surface area (Å²) >= 11 is 0. The summed E-state index contributed by atoms with van der Waals surface area (Å²) in [6, 6.07) is 9.12. The van der Waals surface area contributed by atoms with Crippen LogP contribution in [0.5, 0.6) is 5.75 Å². The van der Waals surface area contributed by atoms with Gasteiger partial charge in [-0.2, -0.15) is 4.72 Å². The van der Waals surface area contributed by atoms with E-state index in [9.17, 15) is 13.2 Å². The standard InChI is InChI=1S/C22H33N5O4S/c1-4-8-15(2)26-21(28)18(11-7-14-25-22(23)24)27-32(29,30)20-13-6-9-16-17(20)10-5-12-19(16)31-3/h5-6,9-10,12-13,15,18,27H,4,7-8,11,14H2,1-3H3,(H,26,28)(H4,23,24,25)/t15?,18-/m0/s1. The van der Waals surface area contributed by atoms with Gasteiger partial charge in [-0.1, -0.05) is 37.6 Å². The van der Waals surface area contributed by atoms with Crippen LogP contribution in [0, 0.1) is 0 Å². The largest absolute Gasteiger partial charge is 0.496 e. The Bertz CT molecular complexity index is 1050. The summed E-state index contributed by atoms with van der Waals surface area (Å²) < 4.78 is 34.6. The molecule has 1 unspecified atom stereocenters. The Kier molecular flexibility index (Phi) is 9.27. The van der Waals surface area contributed by atoms with Crippen LogP contribution in [-0.2, 0) is 14.8 Å². The Hall–Kier alpha value is -2.85. The minimum atomic E-state index is -4.01. The highest BCUT2D eigenvalue weighted by atomic mass is 32.2. The van der Waals surface area contributed by atoms with E-state index < -0.39 is 16.1 Å². The van der Waals surface area contributed by atoms with Gasteiger partial charge in [-0.25, -0.2) is 8.42 Å². The average molecular weight is 464 g/mol. The molecule has 2 rings (SSSR count). The minimum Gasteiger partial charge on any atom is -0.496 e. The van der Waals surface area contributed by atoms with Gasteiger partial charge in [-0.15, -0.1) is 0 Å². The molecule has 0 saturated carbocycles. The number of methoxy groups -OCH3 is 1. The predicted octanol–water partition coefficient (Wildman–Crippen LogP) is 1.85. The zero-order valence-electron chi connectivity index (χ0n) is 18.8. The number of carbonyl (C=O) groups is 1. The molecule has 2 atom stereocenters. The maximum atomic E-state index is 13.3. The summed E-state index contributed by atoms with van der Waals surface area (Å²) in [4.78, 5) is 16.9. The van der Waals surface area contributed by atoms with E-state index in [2.05, 4.69) is 15.0 Å². The highest BCUT2D eigenvalue weighted by Gasteiger charge is 2.27. The van der Waals surface area contributed by atoms with E-state index in [4.69, 9.17) is 16.2 Å². The molecule has 0 aliphatic carbocycles. The highest BCUT2D eigenvalue weighted by molar-refractivity contribution is 7.89. The number of nitrogens with two attached hydrogens (primary N) is 2. The second kappa shape index (κ2) is 11.7. The van der Waals surface area contributed by atoms with E-state index in [1.165, 1.54) is 13.2 Å². The first-order valence-electron chi connectivity index (χ1n) is 10.6. The second-order valence-electron chi connectivity index (χ2n) is 7.63. The number of benzene rings is 2. The number of guanidine groups is 1. The van der Waals surface area contributed by atoms with Gasteiger partial charge >= 0.3 is 0 Å². The fourth-order valence-electron chi connectivity index (χ4n) is 3.51. The van der Waals surface area contributed by atoms with E-state index in [1.54, 1.807) is 30.3 Å². The maximum Gasteiger partial charge on any atom is 0.241 e. The van der Waals surface area contributed by atoms with Crippen molar-refractivity contribution in [2.75, 3.05) is 13.7 Å². The summed E-state index contributed by atoms with van der Waals surface area (Å²) in [6.45, 7) is 4.21. The van der Waals surface area contributed by atoms with Crippen molar-refractivity contribution in [2.24, 2.45) is 16.5 Å². The number of nitrogens with zero attached hydrogens (tertiary/aromatic N) is 1. The summed E-state index contributed by atoms with van der Waals surface area (Å²) in [5.74, 6) is 0.143. The second-order valence-corrected chi connectivity index (χ2v) is 9.31. The van der Waals surface area contributed by atoms with E-state index in [1.807, 2.05) is 13.8 Å². The Morgan fingerprint density at radius 2 is 1.81 bits per heavy atom. The van der Waals surface area contributed by atoms with Gasteiger partial charge in [-0.3, -0.25) is 9.79 Å². The third kappa shape index (κ3) is 6.83. The summed E-state index contributed by atoms with van der Waals surface area (Å²) in [5, 5.41) is 4.07. The van der Waals surface area contributed by atoms with E-state index >= 15 is 0 Å². The molecule has 0 heterocycles. The lowest BCUT2D eigenvalue weighted by molar-refractivity contribution is -0.123. The first-order chi connectivity index (χ1) is 15.2. The highest BCUT2D eigenvalue weighted by Crippen LogP contribution is 2.30. The Balaban J connectivity index is 2.32. The first-order valence-corrected chi connectivity index (χ1v) is 12.1. The van der Waals surface area contributed by atoms with Crippen molar-refractivity contribution in [3.63, 3.8) is 0 Å². The molecule has 0 bridgehead atoms. The van der Waals surface area contributed by atoms with Crippen LogP contribution in [0.1, 0.15) is 39.5 Å². The molecule has 176 valence electrons. The molecule has 2 aromatic carbocycles. The number of hydrogen-bond donors (Lipinski definition) is 4. The first kappa shape index (κ1) is 25.4. The molecule has 6 N–H and O–H groups in total. The van der Waals surface area contributed by atoms with Crippen LogP contribution >= 0.6 is 0 Å². The lowest BCUT2D eigenvalue weighted by Crippen LogP contribution is -2.49. The third-order valence-electron chi connectivity index (χ3n) is 5.02. The number of amides is 1. The number of carbonyl (C=O) groups excluding carboxylic acids is 1. The van der Waals surface area contributed by atoms with Crippen LogP contribution in [0.2, 0.25) is 0 Å². The number of hydrogen-bond acceptors (Lipinski definition) is 5. The molecule has 2 aromatic rings. The maximum absolute atomic E-state index is 13.3. The topological polar surface area (TPSA) is 149 Å². The Morgan fingerprint density at radius 1 is 1.12 bits per heavy atom. The molecule has 0 radical (unpaired) electrons. The number of nitrogens with one attached hydrogen (secondary N) is 2. The molecule has 0 aliphatic rings. The van der Waals surface area contributed by atoms with Crippen molar-refractivity contribution in [3.05, 3.63) is 36.4 Å². The van der Waals surface area contributed by atoms with E-state index in [0.29, 0.717) is 29.5 Å². The monoisotopic (exact) mass is 463 g/mol. The third-order valence-corrected chi connectivity index (χ3v) is 6.55. The van der Waals surface area contributed by atoms with Gasteiger partial charge in [0.15, 0.2) is 5.96 Å². The normalized spacial score (nSPS) is 13.3. The van der Waals surface area contributed by atoms with Crippen molar-refractivity contribution in [3.8, 4) is 5.75 Å². The molecule has 0 aromatic heterocycles. The van der Waals surface area contributed by atoms with Crippen LogP contribution in [-0.4, -0.2) is 46.0 Å². The van der Waals surface area contributed by atoms with Gasteiger partial charge in [0.05, 0.1) is 12.0 Å². The number of ether oxygens (including phenoxy) is 1. The Morgan fingerprint density at radius 3 is 2.47 bits per heavy atom. The SMILES string of the molecule is CCCC(C)NC(=O)[C@H](CCCN=C(N)N)NS(=O)(=O)c1cccc2c(OC)cccc12. The van der Waals surface area contributed by atoms with Crippen molar-refractivity contribution >= 4 is 32.7 Å². The zero-order chi connectivity index (χ0) is 23.7. The van der Waals surface area contributed by atoms with Gasteiger partial charge in [-0.05, 0) is 38.3 Å². The van der Waals surface area contributed by atoms with Gasteiger partial charge < -0.3 is 21.5 Å². The van der Waals surface area contributed by atoms with Crippen molar-refractivity contribution in [1.29, 1.82) is 0 Å². The minimum absolute atomic E-state index is 0.0483. The molecular formula is C22H33N5O4S. The molecule has 0 aliphatic heterocycles. The quantitative estimate of drug-likeness (QED) is 0.214.